The third kappa shape index (κ3) is 4.32. The summed E-state index contributed by atoms with van der Waals surface area (Å²) in [5.74, 6) is 0.952. The zero-order valence-corrected chi connectivity index (χ0v) is 17.2. The molecule has 1 aromatic heterocycles. The van der Waals surface area contributed by atoms with Crippen LogP contribution in [0.3, 0.4) is 0 Å². The summed E-state index contributed by atoms with van der Waals surface area (Å²) >= 11 is 0. The Hall–Kier alpha value is -1.69. The van der Waals surface area contributed by atoms with Crippen molar-refractivity contribution in [2.24, 2.45) is 0 Å². The van der Waals surface area contributed by atoms with Gasteiger partial charge >= 0.3 is 0 Å². The van der Waals surface area contributed by atoms with Gasteiger partial charge in [0.1, 0.15) is 5.82 Å². The van der Waals surface area contributed by atoms with E-state index in [-0.39, 0.29) is 11.5 Å². The van der Waals surface area contributed by atoms with Gasteiger partial charge in [0, 0.05) is 31.6 Å². The maximum absolute atomic E-state index is 13.4. The van der Waals surface area contributed by atoms with Crippen LogP contribution in [-0.2, 0) is 17.8 Å². The number of hydrogen-bond donors (Lipinski definition) is 1. The number of nitrogens with zero attached hydrogens (tertiary/aromatic N) is 3. The fourth-order valence-corrected chi connectivity index (χ4v) is 5.44. The first-order chi connectivity index (χ1) is 13.6. The third-order valence-electron chi connectivity index (χ3n) is 6.85. The zero-order chi connectivity index (χ0) is 19.5. The highest BCUT2D eigenvalue weighted by atomic mass is 16.2. The molecule has 1 aromatic rings. The maximum atomic E-state index is 13.4. The number of nitrogens with one attached hydrogen (secondary N) is 1. The van der Waals surface area contributed by atoms with E-state index in [1.165, 1.54) is 38.5 Å². The van der Waals surface area contributed by atoms with E-state index in [9.17, 15) is 9.59 Å². The number of aryl methyl sites for hydroxylation is 1. The van der Waals surface area contributed by atoms with Gasteiger partial charge in [0.2, 0.25) is 5.91 Å². The van der Waals surface area contributed by atoms with Crippen LogP contribution in [0.4, 0.5) is 0 Å². The average Bonchev–Trinajstić information content (AvgIpc) is 2.70. The fourth-order valence-electron chi connectivity index (χ4n) is 5.44. The summed E-state index contributed by atoms with van der Waals surface area (Å²) in [5.41, 5.74) is 1.60. The molecule has 2 heterocycles. The molecule has 1 amide bonds. The predicted molar refractivity (Wildman–Crippen MR) is 109 cm³/mol. The molecule has 0 atom stereocenters. The summed E-state index contributed by atoms with van der Waals surface area (Å²) in [6, 6.07) is 0.850. The number of hydrogen-bond acceptors (Lipinski definition) is 4. The number of amides is 1. The second kappa shape index (κ2) is 8.76. The topological polar surface area (TPSA) is 69.3 Å². The average molecular weight is 387 g/mol. The van der Waals surface area contributed by atoms with Crippen LogP contribution in [0.15, 0.2) is 4.79 Å². The second-order valence-electron chi connectivity index (χ2n) is 8.92. The van der Waals surface area contributed by atoms with Crippen LogP contribution in [0.1, 0.15) is 81.3 Å². The van der Waals surface area contributed by atoms with Crippen LogP contribution < -0.4 is 5.56 Å². The summed E-state index contributed by atoms with van der Waals surface area (Å²) in [6.45, 7) is 3.59. The van der Waals surface area contributed by atoms with Crippen LogP contribution in [0.25, 0.3) is 0 Å². The van der Waals surface area contributed by atoms with Crippen molar-refractivity contribution in [3.8, 4) is 0 Å². The molecule has 2 saturated carbocycles. The van der Waals surface area contributed by atoms with Crippen LogP contribution in [0.2, 0.25) is 0 Å². The minimum absolute atomic E-state index is 0.0453. The number of fused-ring (bicyclic) bond motifs is 1. The molecule has 2 fully saturated rings. The van der Waals surface area contributed by atoms with E-state index in [0.29, 0.717) is 31.0 Å². The number of aromatic nitrogens is 2. The van der Waals surface area contributed by atoms with Gasteiger partial charge in [0.05, 0.1) is 17.8 Å². The van der Waals surface area contributed by atoms with Gasteiger partial charge in [0.15, 0.2) is 0 Å². The molecule has 2 aliphatic carbocycles. The SMILES string of the molecule is Cc1nc2c(c(=O)[nH]1)CN(CC(=O)N(C1CCCCC1)C1CCCCC1)CC2. The molecule has 1 aliphatic heterocycles. The Labute approximate surface area is 167 Å². The summed E-state index contributed by atoms with van der Waals surface area (Å²) in [5, 5.41) is 0. The summed E-state index contributed by atoms with van der Waals surface area (Å²) in [7, 11) is 0. The van der Waals surface area contributed by atoms with E-state index < -0.39 is 0 Å². The van der Waals surface area contributed by atoms with Crippen molar-refractivity contribution in [3.63, 3.8) is 0 Å². The van der Waals surface area contributed by atoms with Crippen molar-refractivity contribution in [2.75, 3.05) is 13.1 Å². The first-order valence-corrected chi connectivity index (χ1v) is 11.2. The Bertz CT molecular complexity index is 729. The number of carbonyl (C=O) groups is 1. The van der Waals surface area contributed by atoms with Crippen molar-refractivity contribution in [1.29, 1.82) is 0 Å². The highest BCUT2D eigenvalue weighted by molar-refractivity contribution is 5.79. The Morgan fingerprint density at radius 3 is 2.29 bits per heavy atom. The van der Waals surface area contributed by atoms with Gasteiger partial charge in [-0.05, 0) is 32.6 Å². The standard InChI is InChI=1S/C22H34N4O2/c1-16-23-20-12-13-25(14-19(20)22(28)24-16)15-21(27)26(17-8-4-2-5-9-17)18-10-6-3-7-11-18/h17-18H,2-15H2,1H3,(H,23,24,28). The third-order valence-corrected chi connectivity index (χ3v) is 6.85. The molecule has 6 heteroatoms. The van der Waals surface area contributed by atoms with E-state index in [1.54, 1.807) is 0 Å². The van der Waals surface area contributed by atoms with Gasteiger partial charge in [-0.25, -0.2) is 4.98 Å². The number of carbonyl (C=O) groups excluding carboxylic acids is 1. The Balaban J connectivity index is 1.47. The number of aromatic amines is 1. The summed E-state index contributed by atoms with van der Waals surface area (Å²) < 4.78 is 0. The molecule has 0 bridgehead atoms. The van der Waals surface area contributed by atoms with Gasteiger partial charge in [0.25, 0.3) is 5.56 Å². The van der Waals surface area contributed by atoms with Crippen LogP contribution in [0, 0.1) is 6.92 Å². The molecule has 0 spiro atoms. The summed E-state index contributed by atoms with van der Waals surface area (Å²) in [6.07, 6.45) is 13.0. The van der Waals surface area contributed by atoms with E-state index in [4.69, 9.17) is 0 Å². The van der Waals surface area contributed by atoms with Crippen LogP contribution in [0.5, 0.6) is 0 Å². The van der Waals surface area contributed by atoms with E-state index in [1.807, 2.05) is 6.92 Å². The second-order valence-corrected chi connectivity index (χ2v) is 8.92. The van der Waals surface area contributed by atoms with E-state index >= 15 is 0 Å². The highest BCUT2D eigenvalue weighted by Crippen LogP contribution is 2.30. The lowest BCUT2D eigenvalue weighted by Crippen LogP contribution is -2.52. The van der Waals surface area contributed by atoms with E-state index in [0.717, 1.165) is 49.9 Å². The van der Waals surface area contributed by atoms with Crippen LogP contribution >= 0.6 is 0 Å². The summed E-state index contributed by atoms with van der Waals surface area (Å²) in [4.78, 5) is 37.5. The molecule has 0 aromatic carbocycles. The smallest absolute Gasteiger partial charge is 0.255 e. The largest absolute Gasteiger partial charge is 0.336 e. The minimum Gasteiger partial charge on any atom is -0.336 e. The quantitative estimate of drug-likeness (QED) is 0.864. The Morgan fingerprint density at radius 2 is 1.68 bits per heavy atom. The maximum Gasteiger partial charge on any atom is 0.255 e. The molecule has 0 radical (unpaired) electrons. The molecule has 4 rings (SSSR count). The first-order valence-electron chi connectivity index (χ1n) is 11.2. The lowest BCUT2D eigenvalue weighted by molar-refractivity contribution is -0.139. The molecule has 3 aliphatic rings. The lowest BCUT2D eigenvalue weighted by Gasteiger charge is -2.43. The molecule has 6 nitrogen and oxygen atoms in total. The van der Waals surface area contributed by atoms with Gasteiger partial charge in [-0.2, -0.15) is 0 Å². The molecule has 28 heavy (non-hydrogen) atoms. The molecule has 1 N–H and O–H groups in total. The Morgan fingerprint density at radius 1 is 1.07 bits per heavy atom. The van der Waals surface area contributed by atoms with Gasteiger partial charge < -0.3 is 9.88 Å². The molecule has 0 saturated heterocycles. The number of rotatable bonds is 4. The van der Waals surface area contributed by atoms with E-state index in [2.05, 4.69) is 19.8 Å². The van der Waals surface area contributed by atoms with Crippen molar-refractivity contribution in [3.05, 3.63) is 27.4 Å². The van der Waals surface area contributed by atoms with Gasteiger partial charge in [-0.3, -0.25) is 14.5 Å². The molecule has 0 unspecified atom stereocenters. The van der Waals surface area contributed by atoms with Gasteiger partial charge in [-0.15, -0.1) is 0 Å². The molecular formula is C22H34N4O2. The highest BCUT2D eigenvalue weighted by Gasteiger charge is 2.33. The van der Waals surface area contributed by atoms with Crippen molar-refractivity contribution >= 4 is 5.91 Å². The monoisotopic (exact) mass is 386 g/mol. The van der Waals surface area contributed by atoms with Crippen molar-refractivity contribution in [2.45, 2.75) is 96.2 Å². The minimum atomic E-state index is -0.0453. The van der Waals surface area contributed by atoms with Crippen molar-refractivity contribution < 1.29 is 4.79 Å². The normalized spacial score (nSPS) is 22.0. The Kier molecular flexibility index (Phi) is 6.14. The lowest BCUT2D eigenvalue weighted by atomic mass is 9.88. The first kappa shape index (κ1) is 19.6. The molecular weight excluding hydrogens is 352 g/mol. The van der Waals surface area contributed by atoms with Gasteiger partial charge in [-0.1, -0.05) is 38.5 Å². The van der Waals surface area contributed by atoms with Crippen LogP contribution in [-0.4, -0.2) is 50.8 Å². The zero-order valence-electron chi connectivity index (χ0n) is 17.2. The molecule has 154 valence electrons. The fraction of sp³-hybridized carbons (Fsp3) is 0.773. The van der Waals surface area contributed by atoms with Crippen molar-refractivity contribution in [1.82, 2.24) is 19.8 Å². The predicted octanol–water partition coefficient (Wildman–Crippen LogP) is 2.93. The number of H-pyrrole nitrogens is 1.